The molecule has 2 nitrogen and oxygen atoms in total. The molecule has 0 bridgehead atoms. The lowest BCUT2D eigenvalue weighted by molar-refractivity contribution is 0.669. The molecule has 8 aromatic rings. The monoisotopic (exact) mass is 571 g/mol. The number of furan rings is 1. The normalized spacial score (nSPS) is 11.4. The summed E-state index contributed by atoms with van der Waals surface area (Å²) < 4.78 is 6.29. The lowest BCUT2D eigenvalue weighted by atomic mass is 10.0. The number of fused-ring (bicyclic) bond motifs is 4. The summed E-state index contributed by atoms with van der Waals surface area (Å²) in [7, 11) is 0. The van der Waals surface area contributed by atoms with Gasteiger partial charge >= 0.3 is 0 Å². The fourth-order valence-electron chi connectivity index (χ4n) is 5.96. The number of nitrogens with zero attached hydrogens (tertiary/aromatic N) is 1. The maximum absolute atomic E-state index is 6.74. The predicted octanol–water partition coefficient (Wildman–Crippen LogP) is 12.2. The van der Waals surface area contributed by atoms with Gasteiger partial charge in [-0.1, -0.05) is 115 Å². The second kappa shape index (κ2) is 10.5. The van der Waals surface area contributed by atoms with Gasteiger partial charge in [0.1, 0.15) is 11.2 Å². The first-order chi connectivity index (χ1) is 21.2. The van der Waals surface area contributed by atoms with Crippen LogP contribution in [0.1, 0.15) is 0 Å². The first kappa shape index (κ1) is 25.4. The predicted molar refractivity (Wildman–Crippen MR) is 182 cm³/mol. The second-order valence-corrected chi connectivity index (χ2v) is 11.2. The molecule has 0 atom stereocenters. The van der Waals surface area contributed by atoms with Crippen molar-refractivity contribution in [3.8, 4) is 22.3 Å². The van der Waals surface area contributed by atoms with E-state index in [-0.39, 0.29) is 0 Å². The molecule has 1 aromatic heterocycles. The molecule has 3 heteroatoms. The third kappa shape index (κ3) is 4.63. The SMILES string of the molecule is Clc1cc2oc3ccc(N(c4ccc(-c5ccccc5)cc4)c4ccc5ccccc5c4)cc3c2cc1-c1ccccc1. The molecule has 0 saturated heterocycles. The molecule has 0 unspecified atom stereocenters. The first-order valence-electron chi connectivity index (χ1n) is 14.4. The molecule has 7 aromatic carbocycles. The Hall–Kier alpha value is -5.31. The van der Waals surface area contributed by atoms with Crippen LogP contribution in [0, 0.1) is 0 Å². The topological polar surface area (TPSA) is 16.4 Å². The fourth-order valence-corrected chi connectivity index (χ4v) is 6.22. The van der Waals surface area contributed by atoms with E-state index in [0.29, 0.717) is 5.02 Å². The average Bonchev–Trinajstić information content (AvgIpc) is 3.42. The van der Waals surface area contributed by atoms with Gasteiger partial charge in [0.05, 0.1) is 5.02 Å². The van der Waals surface area contributed by atoms with Gasteiger partial charge in [0.2, 0.25) is 0 Å². The van der Waals surface area contributed by atoms with E-state index in [1.807, 2.05) is 30.3 Å². The highest BCUT2D eigenvalue weighted by atomic mass is 35.5. The van der Waals surface area contributed by atoms with Crippen molar-refractivity contribution in [2.45, 2.75) is 0 Å². The van der Waals surface area contributed by atoms with Gasteiger partial charge in [-0.3, -0.25) is 0 Å². The first-order valence-corrected chi connectivity index (χ1v) is 14.7. The van der Waals surface area contributed by atoms with E-state index < -0.39 is 0 Å². The number of hydrogen-bond acceptors (Lipinski definition) is 2. The van der Waals surface area contributed by atoms with Crippen molar-refractivity contribution in [3.63, 3.8) is 0 Å². The Balaban J connectivity index is 1.30. The van der Waals surface area contributed by atoms with Gasteiger partial charge in [-0.2, -0.15) is 0 Å². The number of rotatable bonds is 5. The maximum Gasteiger partial charge on any atom is 0.136 e. The molecule has 8 rings (SSSR count). The van der Waals surface area contributed by atoms with E-state index in [4.69, 9.17) is 16.0 Å². The highest BCUT2D eigenvalue weighted by molar-refractivity contribution is 6.34. The Kier molecular flexibility index (Phi) is 6.21. The smallest absolute Gasteiger partial charge is 0.136 e. The minimum absolute atomic E-state index is 0.675. The van der Waals surface area contributed by atoms with Crippen LogP contribution in [-0.4, -0.2) is 0 Å². The highest BCUT2D eigenvalue weighted by Gasteiger charge is 2.17. The Morgan fingerprint density at radius 1 is 0.419 bits per heavy atom. The molecular weight excluding hydrogens is 546 g/mol. The number of anilines is 3. The zero-order valence-electron chi connectivity index (χ0n) is 23.2. The molecule has 0 aliphatic heterocycles. The lowest BCUT2D eigenvalue weighted by Crippen LogP contribution is -2.09. The molecule has 0 fully saturated rings. The minimum Gasteiger partial charge on any atom is -0.456 e. The van der Waals surface area contributed by atoms with Gasteiger partial charge in [-0.25, -0.2) is 0 Å². The van der Waals surface area contributed by atoms with Gasteiger partial charge in [0, 0.05) is 39.5 Å². The lowest BCUT2D eigenvalue weighted by Gasteiger charge is -2.26. The van der Waals surface area contributed by atoms with Gasteiger partial charge < -0.3 is 9.32 Å². The van der Waals surface area contributed by atoms with Crippen molar-refractivity contribution in [2.24, 2.45) is 0 Å². The van der Waals surface area contributed by atoms with E-state index in [0.717, 1.165) is 50.1 Å². The molecule has 43 heavy (non-hydrogen) atoms. The molecule has 0 aliphatic carbocycles. The molecule has 204 valence electrons. The Morgan fingerprint density at radius 2 is 1.00 bits per heavy atom. The molecule has 0 radical (unpaired) electrons. The molecule has 1 heterocycles. The van der Waals surface area contributed by atoms with Crippen LogP contribution in [0.15, 0.2) is 162 Å². The standard InChI is InChI=1S/C40H26ClNO/c41-38-26-40-37(25-35(38)30-12-5-2-6-13-30)36-24-34(21-22-39(36)43-40)42(33-20-17-28-11-7-8-14-31(28)23-33)32-18-15-29(16-19-32)27-9-3-1-4-10-27/h1-26H. The van der Waals surface area contributed by atoms with Crippen LogP contribution >= 0.6 is 11.6 Å². The quantitative estimate of drug-likeness (QED) is 0.204. The summed E-state index contributed by atoms with van der Waals surface area (Å²) in [6.45, 7) is 0. The van der Waals surface area contributed by atoms with Crippen molar-refractivity contribution in [1.29, 1.82) is 0 Å². The van der Waals surface area contributed by atoms with Crippen molar-refractivity contribution in [2.75, 3.05) is 4.90 Å². The van der Waals surface area contributed by atoms with Gasteiger partial charge in [-0.05, 0) is 76.0 Å². The van der Waals surface area contributed by atoms with Crippen LogP contribution in [0.2, 0.25) is 5.02 Å². The Bertz CT molecular complexity index is 2240. The zero-order chi connectivity index (χ0) is 28.8. The number of hydrogen-bond donors (Lipinski definition) is 0. The molecule has 0 N–H and O–H groups in total. The molecule has 0 aliphatic rings. The van der Waals surface area contributed by atoms with Crippen molar-refractivity contribution >= 4 is 61.4 Å². The van der Waals surface area contributed by atoms with Crippen LogP contribution in [0.5, 0.6) is 0 Å². The van der Waals surface area contributed by atoms with Crippen molar-refractivity contribution < 1.29 is 4.42 Å². The van der Waals surface area contributed by atoms with E-state index in [1.54, 1.807) is 0 Å². The van der Waals surface area contributed by atoms with Crippen LogP contribution in [0.3, 0.4) is 0 Å². The number of halogens is 1. The highest BCUT2D eigenvalue weighted by Crippen LogP contribution is 2.42. The summed E-state index contributed by atoms with van der Waals surface area (Å²) in [4.78, 5) is 2.31. The van der Waals surface area contributed by atoms with E-state index >= 15 is 0 Å². The maximum atomic E-state index is 6.74. The summed E-state index contributed by atoms with van der Waals surface area (Å²) in [5.74, 6) is 0. The number of benzene rings is 7. The largest absolute Gasteiger partial charge is 0.456 e. The van der Waals surface area contributed by atoms with Crippen LogP contribution in [-0.2, 0) is 0 Å². The average molecular weight is 572 g/mol. The molecule has 0 saturated carbocycles. The van der Waals surface area contributed by atoms with Gasteiger partial charge in [0.15, 0.2) is 0 Å². The molecule has 0 spiro atoms. The molecule has 0 amide bonds. The van der Waals surface area contributed by atoms with E-state index in [2.05, 4.69) is 132 Å². The summed E-state index contributed by atoms with van der Waals surface area (Å²) in [5, 5.41) is 5.18. The fraction of sp³-hybridized carbons (Fsp3) is 0. The van der Waals surface area contributed by atoms with Crippen LogP contribution in [0.4, 0.5) is 17.1 Å². The van der Waals surface area contributed by atoms with Crippen molar-refractivity contribution in [3.05, 3.63) is 163 Å². The molecular formula is C40H26ClNO. The Labute approximate surface area is 255 Å². The summed E-state index contributed by atoms with van der Waals surface area (Å²) in [5.41, 5.74) is 9.28. The van der Waals surface area contributed by atoms with E-state index in [9.17, 15) is 0 Å². The third-order valence-electron chi connectivity index (χ3n) is 8.11. The second-order valence-electron chi connectivity index (χ2n) is 10.8. The minimum atomic E-state index is 0.675. The Morgan fingerprint density at radius 3 is 1.77 bits per heavy atom. The van der Waals surface area contributed by atoms with Gasteiger partial charge in [-0.15, -0.1) is 0 Å². The summed E-state index contributed by atoms with van der Waals surface area (Å²) in [6, 6.07) is 55.1. The zero-order valence-corrected chi connectivity index (χ0v) is 24.0. The summed E-state index contributed by atoms with van der Waals surface area (Å²) in [6.07, 6.45) is 0. The van der Waals surface area contributed by atoms with Crippen molar-refractivity contribution in [1.82, 2.24) is 0 Å². The third-order valence-corrected chi connectivity index (χ3v) is 8.42. The summed E-state index contributed by atoms with van der Waals surface area (Å²) >= 11 is 6.74. The van der Waals surface area contributed by atoms with Crippen LogP contribution in [0.25, 0.3) is 55.0 Å². The van der Waals surface area contributed by atoms with Crippen LogP contribution < -0.4 is 4.90 Å². The van der Waals surface area contributed by atoms with Gasteiger partial charge in [0.25, 0.3) is 0 Å². The van der Waals surface area contributed by atoms with E-state index in [1.165, 1.54) is 21.9 Å².